The molecule has 5 nitrogen and oxygen atoms in total. The fraction of sp³-hybridized carbons (Fsp3) is 0.211. The zero-order valence-electron chi connectivity index (χ0n) is 14.6. The Morgan fingerprint density at radius 3 is 2.69 bits per heavy atom. The molecule has 1 heterocycles. The van der Waals surface area contributed by atoms with Crippen LogP contribution in [0.15, 0.2) is 53.4 Å². The molecule has 7 heteroatoms. The summed E-state index contributed by atoms with van der Waals surface area (Å²) in [5.41, 5.74) is 2.24. The first-order valence-corrected chi connectivity index (χ1v) is 9.88. The third-order valence-corrected chi connectivity index (χ3v) is 5.49. The zero-order valence-corrected chi connectivity index (χ0v) is 16.2. The Bertz CT molecular complexity index is 879. The Kier molecular flexibility index (Phi) is 6.25. The number of hydrogen-bond donors (Lipinski definition) is 1. The third kappa shape index (κ3) is 5.06. The molecule has 1 N–H and O–H groups in total. The van der Waals surface area contributed by atoms with Gasteiger partial charge in [0.05, 0.1) is 12.9 Å². The van der Waals surface area contributed by atoms with E-state index >= 15 is 0 Å². The van der Waals surface area contributed by atoms with Gasteiger partial charge in [0.25, 0.3) is 0 Å². The molecule has 0 saturated carbocycles. The summed E-state index contributed by atoms with van der Waals surface area (Å²) >= 11 is 2.88. The van der Waals surface area contributed by atoms with Gasteiger partial charge in [0, 0.05) is 16.9 Å². The van der Waals surface area contributed by atoms with Gasteiger partial charge in [-0.05, 0) is 25.1 Å². The molecule has 0 saturated heterocycles. The van der Waals surface area contributed by atoms with Crippen molar-refractivity contribution in [3.05, 3.63) is 64.7 Å². The monoisotopic (exact) mass is 385 g/mol. The number of amides is 1. The highest BCUT2D eigenvalue weighted by atomic mass is 32.2. The minimum atomic E-state index is -0.0874. The highest BCUT2D eigenvalue weighted by Crippen LogP contribution is 2.24. The molecule has 26 heavy (non-hydrogen) atoms. The number of benzene rings is 2. The number of rotatable bonds is 7. The van der Waals surface area contributed by atoms with Crippen LogP contribution in [-0.2, 0) is 11.2 Å². The molecule has 0 spiro atoms. The number of carbonyl (C=O) groups is 1. The Hall–Kier alpha value is -2.38. The first-order valence-electron chi connectivity index (χ1n) is 8.07. The van der Waals surface area contributed by atoms with Gasteiger partial charge in [-0.1, -0.05) is 47.2 Å². The molecule has 0 bridgehead atoms. The maximum Gasteiger partial charge on any atom is 0.236 e. The topological polar surface area (TPSA) is 64.1 Å². The molecule has 0 unspecified atom stereocenters. The van der Waals surface area contributed by atoms with Crippen LogP contribution in [-0.4, -0.2) is 29.0 Å². The number of carbonyl (C=O) groups excluding carboxylic acids is 1. The van der Waals surface area contributed by atoms with Gasteiger partial charge in [-0.3, -0.25) is 10.1 Å². The van der Waals surface area contributed by atoms with Crippen LogP contribution in [0, 0.1) is 6.92 Å². The molecule has 0 aliphatic rings. The van der Waals surface area contributed by atoms with Gasteiger partial charge in [-0.25, -0.2) is 0 Å². The number of thioether (sulfide) groups is 1. The molecule has 3 rings (SSSR count). The van der Waals surface area contributed by atoms with Gasteiger partial charge < -0.3 is 4.74 Å². The Morgan fingerprint density at radius 1 is 1.15 bits per heavy atom. The Labute approximate surface area is 160 Å². The van der Waals surface area contributed by atoms with E-state index in [1.54, 1.807) is 7.11 Å². The number of aromatic nitrogens is 2. The zero-order chi connectivity index (χ0) is 18.4. The summed E-state index contributed by atoms with van der Waals surface area (Å²) in [6.45, 7) is 2.04. The van der Waals surface area contributed by atoms with Gasteiger partial charge >= 0.3 is 0 Å². The molecular formula is C19H19N3O2S2. The SMILES string of the molecule is COc1ccccc1Cc1nnc(NC(=O)CSc2ccc(C)cc2)s1. The molecule has 3 aromatic rings. The quantitative estimate of drug-likeness (QED) is 0.618. The van der Waals surface area contributed by atoms with Crippen LogP contribution in [0.2, 0.25) is 0 Å². The molecule has 1 amide bonds. The average Bonchev–Trinajstić information content (AvgIpc) is 3.08. The van der Waals surface area contributed by atoms with Gasteiger partial charge in [-0.2, -0.15) is 0 Å². The van der Waals surface area contributed by atoms with Gasteiger partial charge in [0.1, 0.15) is 10.8 Å². The molecule has 0 aliphatic carbocycles. The van der Waals surface area contributed by atoms with Crippen molar-refractivity contribution in [1.82, 2.24) is 10.2 Å². The van der Waals surface area contributed by atoms with E-state index in [1.165, 1.54) is 28.7 Å². The van der Waals surface area contributed by atoms with Gasteiger partial charge in [0.15, 0.2) is 0 Å². The van der Waals surface area contributed by atoms with E-state index in [2.05, 4.69) is 15.5 Å². The van der Waals surface area contributed by atoms with E-state index in [0.717, 1.165) is 21.2 Å². The molecule has 1 aromatic heterocycles. The second kappa shape index (κ2) is 8.82. The van der Waals surface area contributed by atoms with Crippen molar-refractivity contribution in [3.8, 4) is 5.75 Å². The van der Waals surface area contributed by atoms with E-state index in [9.17, 15) is 4.79 Å². The highest BCUT2D eigenvalue weighted by molar-refractivity contribution is 8.00. The predicted molar refractivity (Wildman–Crippen MR) is 106 cm³/mol. The molecule has 0 radical (unpaired) electrons. The minimum absolute atomic E-state index is 0.0874. The van der Waals surface area contributed by atoms with Crippen LogP contribution >= 0.6 is 23.1 Å². The second-order valence-electron chi connectivity index (χ2n) is 5.64. The van der Waals surface area contributed by atoms with E-state index in [0.29, 0.717) is 17.3 Å². The third-order valence-electron chi connectivity index (χ3n) is 3.64. The first kappa shape index (κ1) is 18.4. The summed E-state index contributed by atoms with van der Waals surface area (Å²) in [6.07, 6.45) is 0.621. The fourth-order valence-corrected chi connectivity index (χ4v) is 3.80. The molecule has 0 atom stereocenters. The number of para-hydroxylation sites is 1. The van der Waals surface area contributed by atoms with Crippen LogP contribution in [0.4, 0.5) is 5.13 Å². The predicted octanol–water partition coefficient (Wildman–Crippen LogP) is 4.18. The maximum absolute atomic E-state index is 12.1. The summed E-state index contributed by atoms with van der Waals surface area (Å²) < 4.78 is 5.35. The lowest BCUT2D eigenvalue weighted by atomic mass is 10.1. The van der Waals surface area contributed by atoms with E-state index in [4.69, 9.17) is 4.74 Å². The average molecular weight is 386 g/mol. The van der Waals surface area contributed by atoms with Crippen LogP contribution in [0.3, 0.4) is 0 Å². The Morgan fingerprint density at radius 2 is 1.92 bits per heavy atom. The van der Waals surface area contributed by atoms with E-state index < -0.39 is 0 Å². The molecular weight excluding hydrogens is 366 g/mol. The molecule has 134 valence electrons. The normalized spacial score (nSPS) is 10.5. The van der Waals surface area contributed by atoms with Crippen LogP contribution in [0.5, 0.6) is 5.75 Å². The van der Waals surface area contributed by atoms with Crippen LogP contribution in [0.25, 0.3) is 0 Å². The lowest BCUT2D eigenvalue weighted by Gasteiger charge is -2.05. The lowest BCUT2D eigenvalue weighted by molar-refractivity contribution is -0.113. The smallest absolute Gasteiger partial charge is 0.236 e. The fourth-order valence-electron chi connectivity index (χ4n) is 2.33. The number of nitrogens with zero attached hydrogens (tertiary/aromatic N) is 2. The van der Waals surface area contributed by atoms with Crippen LogP contribution < -0.4 is 10.1 Å². The number of nitrogens with one attached hydrogen (secondary N) is 1. The van der Waals surface area contributed by atoms with Crippen molar-refractivity contribution in [2.24, 2.45) is 0 Å². The van der Waals surface area contributed by atoms with Crippen molar-refractivity contribution in [1.29, 1.82) is 0 Å². The summed E-state index contributed by atoms with van der Waals surface area (Å²) in [4.78, 5) is 13.2. The summed E-state index contributed by atoms with van der Waals surface area (Å²) in [7, 11) is 1.65. The van der Waals surface area contributed by atoms with E-state index in [-0.39, 0.29) is 5.91 Å². The second-order valence-corrected chi connectivity index (χ2v) is 7.75. The summed E-state index contributed by atoms with van der Waals surface area (Å²) in [5.74, 6) is 1.07. The van der Waals surface area contributed by atoms with Crippen molar-refractivity contribution in [3.63, 3.8) is 0 Å². The number of methoxy groups -OCH3 is 1. The minimum Gasteiger partial charge on any atom is -0.496 e. The highest BCUT2D eigenvalue weighted by Gasteiger charge is 2.11. The standard InChI is InChI=1S/C19H19N3O2S2/c1-13-7-9-15(10-8-13)25-12-17(23)20-19-22-21-18(26-19)11-14-5-3-4-6-16(14)24-2/h3-10H,11-12H2,1-2H3,(H,20,22,23). The van der Waals surface area contributed by atoms with Crippen molar-refractivity contribution in [2.75, 3.05) is 18.2 Å². The molecule has 0 fully saturated rings. The van der Waals surface area contributed by atoms with Crippen molar-refractivity contribution in [2.45, 2.75) is 18.2 Å². The lowest BCUT2D eigenvalue weighted by Crippen LogP contribution is -2.13. The summed E-state index contributed by atoms with van der Waals surface area (Å²) in [6, 6.07) is 15.9. The number of ether oxygens (including phenoxy) is 1. The largest absolute Gasteiger partial charge is 0.496 e. The maximum atomic E-state index is 12.1. The van der Waals surface area contributed by atoms with Crippen molar-refractivity contribution >= 4 is 34.1 Å². The number of aryl methyl sites for hydroxylation is 1. The van der Waals surface area contributed by atoms with Gasteiger partial charge in [0.2, 0.25) is 11.0 Å². The summed E-state index contributed by atoms with van der Waals surface area (Å²) in [5, 5.41) is 12.4. The molecule has 0 aliphatic heterocycles. The first-order chi connectivity index (χ1) is 12.6. The Balaban J connectivity index is 1.54. The van der Waals surface area contributed by atoms with Crippen LogP contribution in [0.1, 0.15) is 16.1 Å². The van der Waals surface area contributed by atoms with Crippen molar-refractivity contribution < 1.29 is 9.53 Å². The van der Waals surface area contributed by atoms with Gasteiger partial charge in [-0.15, -0.1) is 22.0 Å². The number of anilines is 1. The van der Waals surface area contributed by atoms with E-state index in [1.807, 2.05) is 55.5 Å². The number of hydrogen-bond acceptors (Lipinski definition) is 6. The molecule has 2 aromatic carbocycles.